The molecule has 96 valence electrons. The maximum Gasteiger partial charge on any atom is 0.257 e. The van der Waals surface area contributed by atoms with Crippen molar-refractivity contribution >= 4 is 23.4 Å². The summed E-state index contributed by atoms with van der Waals surface area (Å²) >= 11 is 1.27. The van der Waals surface area contributed by atoms with Crippen molar-refractivity contribution in [2.24, 2.45) is 0 Å². The summed E-state index contributed by atoms with van der Waals surface area (Å²) in [7, 11) is 0. The van der Waals surface area contributed by atoms with Crippen molar-refractivity contribution in [2.45, 2.75) is 16.2 Å². The van der Waals surface area contributed by atoms with E-state index < -0.39 is 12.0 Å². The number of aromatic amines is 1. The van der Waals surface area contributed by atoms with Crippen LogP contribution in [-0.4, -0.2) is 21.0 Å². The number of hydrogen-bond acceptors (Lipinski definition) is 5. The molecule has 3 rings (SSSR count). The number of fused-ring (bicyclic) bond motifs is 1. The summed E-state index contributed by atoms with van der Waals surface area (Å²) < 4.78 is 0. The molecule has 0 saturated carbocycles. The van der Waals surface area contributed by atoms with Crippen LogP contribution < -0.4 is 10.9 Å². The molecule has 0 saturated heterocycles. The average molecular weight is 275 g/mol. The highest BCUT2D eigenvalue weighted by Gasteiger charge is 2.28. The summed E-state index contributed by atoms with van der Waals surface area (Å²) in [6, 6.07) is 6.52. The Hall–Kier alpha value is -2.12. The van der Waals surface area contributed by atoms with Crippen LogP contribution in [0.1, 0.15) is 11.7 Å². The number of aromatic nitrogens is 2. The second-order valence-corrected chi connectivity index (χ2v) is 5.04. The normalized spacial score (nSPS) is 17.1. The van der Waals surface area contributed by atoms with Crippen LogP contribution in [0.15, 0.2) is 45.3 Å². The van der Waals surface area contributed by atoms with Crippen LogP contribution in [0.25, 0.3) is 0 Å². The zero-order valence-electron chi connectivity index (χ0n) is 9.58. The van der Waals surface area contributed by atoms with Crippen LogP contribution in [0.4, 0.5) is 5.69 Å². The molecule has 2 aromatic rings. The molecule has 6 nitrogen and oxygen atoms in total. The van der Waals surface area contributed by atoms with Crippen molar-refractivity contribution in [1.82, 2.24) is 9.97 Å². The monoisotopic (exact) mass is 275 g/mol. The number of amides is 1. The van der Waals surface area contributed by atoms with Crippen molar-refractivity contribution in [3.8, 4) is 0 Å². The average Bonchev–Trinajstić information content (AvgIpc) is 2.65. The summed E-state index contributed by atoms with van der Waals surface area (Å²) in [6.45, 7) is 0. The summed E-state index contributed by atoms with van der Waals surface area (Å²) in [5, 5.41) is 12.6. The quantitative estimate of drug-likeness (QED) is 0.708. The number of nitrogens with zero attached hydrogens (tertiary/aromatic N) is 1. The van der Waals surface area contributed by atoms with Gasteiger partial charge in [0, 0.05) is 28.4 Å². The Balaban J connectivity index is 1.90. The number of benzene rings is 1. The largest absolute Gasteiger partial charge is 0.378 e. The number of hydrogen-bond donors (Lipinski definition) is 3. The van der Waals surface area contributed by atoms with Gasteiger partial charge in [0.25, 0.3) is 11.5 Å². The number of carbonyl (C=O) groups excluding carboxylic acids is 1. The maximum atomic E-state index is 11.3. The minimum absolute atomic E-state index is 0.220. The maximum absolute atomic E-state index is 11.3. The van der Waals surface area contributed by atoms with E-state index in [-0.39, 0.29) is 5.56 Å². The summed E-state index contributed by atoms with van der Waals surface area (Å²) in [5.74, 6) is -0.427. The van der Waals surface area contributed by atoms with Gasteiger partial charge in [0.1, 0.15) is 0 Å². The van der Waals surface area contributed by atoms with Gasteiger partial charge in [-0.1, -0.05) is 17.8 Å². The van der Waals surface area contributed by atoms with Gasteiger partial charge in [-0.3, -0.25) is 9.59 Å². The lowest BCUT2D eigenvalue weighted by atomic mass is 10.1. The molecule has 1 atom stereocenters. The van der Waals surface area contributed by atoms with Gasteiger partial charge in [0.15, 0.2) is 11.3 Å². The van der Waals surface area contributed by atoms with Crippen molar-refractivity contribution in [3.63, 3.8) is 0 Å². The lowest BCUT2D eigenvalue weighted by Crippen LogP contribution is -2.10. The molecule has 1 aromatic carbocycles. The fourth-order valence-corrected chi connectivity index (χ4v) is 2.60. The van der Waals surface area contributed by atoms with Gasteiger partial charge < -0.3 is 15.4 Å². The molecule has 2 heterocycles. The first-order chi connectivity index (χ1) is 9.13. The molecule has 0 fully saturated rings. The molecule has 3 N–H and O–H groups in total. The SMILES string of the molecule is O=C1Nc2cc(Sc3nccc(=O)[nH]3)ccc2C1O. The molecule has 1 aliphatic heterocycles. The topological polar surface area (TPSA) is 95.1 Å². The lowest BCUT2D eigenvalue weighted by molar-refractivity contribution is -0.123. The van der Waals surface area contributed by atoms with Gasteiger partial charge >= 0.3 is 0 Å². The Labute approximate surface area is 111 Å². The zero-order chi connectivity index (χ0) is 13.4. The summed E-state index contributed by atoms with van der Waals surface area (Å²) in [6.07, 6.45) is 0.323. The second kappa shape index (κ2) is 4.52. The molecule has 1 aromatic heterocycles. The minimum atomic E-state index is -1.11. The number of rotatable bonds is 2. The van der Waals surface area contributed by atoms with Crippen molar-refractivity contribution in [1.29, 1.82) is 0 Å². The number of carbonyl (C=O) groups is 1. The van der Waals surface area contributed by atoms with Crippen molar-refractivity contribution < 1.29 is 9.90 Å². The molecule has 0 spiro atoms. The van der Waals surface area contributed by atoms with E-state index in [1.807, 2.05) is 0 Å². The highest BCUT2D eigenvalue weighted by atomic mass is 32.2. The number of nitrogens with one attached hydrogen (secondary N) is 2. The number of anilines is 1. The number of aliphatic hydroxyl groups is 1. The number of H-pyrrole nitrogens is 1. The molecule has 0 aliphatic carbocycles. The fraction of sp³-hybridized carbons (Fsp3) is 0.0833. The van der Waals surface area contributed by atoms with Crippen LogP contribution in [0.5, 0.6) is 0 Å². The molecule has 1 amide bonds. The Morgan fingerprint density at radius 1 is 1.26 bits per heavy atom. The Bertz CT molecular complexity index is 713. The Morgan fingerprint density at radius 3 is 2.89 bits per heavy atom. The van der Waals surface area contributed by atoms with E-state index in [2.05, 4.69) is 15.3 Å². The van der Waals surface area contributed by atoms with Gasteiger partial charge in [-0.25, -0.2) is 4.98 Å². The Kier molecular flexibility index (Phi) is 2.84. The second-order valence-electron chi connectivity index (χ2n) is 3.98. The molecular weight excluding hydrogens is 266 g/mol. The summed E-state index contributed by atoms with van der Waals surface area (Å²) in [5.41, 5.74) is 0.923. The standard InChI is InChI=1S/C12H9N3O3S/c16-9-3-4-13-12(15-9)19-6-1-2-7-8(5-6)14-11(18)10(7)17/h1-5,10,17H,(H,14,18)(H,13,15,16). The van der Waals surface area contributed by atoms with Crippen LogP contribution in [0, 0.1) is 0 Å². The first-order valence-electron chi connectivity index (χ1n) is 5.49. The number of aliphatic hydroxyl groups excluding tert-OH is 1. The third kappa shape index (κ3) is 2.25. The van der Waals surface area contributed by atoms with E-state index in [1.54, 1.807) is 18.2 Å². The van der Waals surface area contributed by atoms with Crippen molar-refractivity contribution in [3.05, 3.63) is 46.4 Å². The third-order valence-corrected chi connectivity index (χ3v) is 3.58. The minimum Gasteiger partial charge on any atom is -0.378 e. The van der Waals surface area contributed by atoms with E-state index in [0.29, 0.717) is 16.4 Å². The van der Waals surface area contributed by atoms with Crippen LogP contribution >= 0.6 is 11.8 Å². The lowest BCUT2D eigenvalue weighted by Gasteiger charge is -2.04. The highest BCUT2D eigenvalue weighted by Crippen LogP contribution is 2.35. The highest BCUT2D eigenvalue weighted by molar-refractivity contribution is 7.99. The van der Waals surface area contributed by atoms with Gasteiger partial charge in [-0.05, 0) is 12.1 Å². The van der Waals surface area contributed by atoms with Gasteiger partial charge in [-0.2, -0.15) is 0 Å². The molecule has 0 radical (unpaired) electrons. The van der Waals surface area contributed by atoms with E-state index in [9.17, 15) is 14.7 Å². The zero-order valence-corrected chi connectivity index (χ0v) is 10.4. The molecule has 0 bridgehead atoms. The molecule has 19 heavy (non-hydrogen) atoms. The smallest absolute Gasteiger partial charge is 0.257 e. The fourth-order valence-electron chi connectivity index (χ4n) is 1.80. The van der Waals surface area contributed by atoms with E-state index in [0.717, 1.165) is 4.90 Å². The third-order valence-electron chi connectivity index (χ3n) is 2.69. The predicted octanol–water partition coefficient (Wildman–Crippen LogP) is 0.907. The molecule has 1 unspecified atom stereocenters. The van der Waals surface area contributed by atoms with Crippen LogP contribution in [0.3, 0.4) is 0 Å². The molecular formula is C12H9N3O3S. The predicted molar refractivity (Wildman–Crippen MR) is 69.0 cm³/mol. The van der Waals surface area contributed by atoms with Gasteiger partial charge in [-0.15, -0.1) is 0 Å². The van der Waals surface area contributed by atoms with Crippen LogP contribution in [0.2, 0.25) is 0 Å². The molecule has 7 heteroatoms. The van der Waals surface area contributed by atoms with E-state index in [1.165, 1.54) is 24.0 Å². The van der Waals surface area contributed by atoms with Crippen LogP contribution in [-0.2, 0) is 4.79 Å². The van der Waals surface area contributed by atoms with Crippen molar-refractivity contribution in [2.75, 3.05) is 5.32 Å². The van der Waals surface area contributed by atoms with E-state index in [4.69, 9.17) is 0 Å². The summed E-state index contributed by atoms with van der Waals surface area (Å²) in [4.78, 5) is 29.9. The Morgan fingerprint density at radius 2 is 2.11 bits per heavy atom. The molecule has 1 aliphatic rings. The van der Waals surface area contributed by atoms with Gasteiger partial charge in [0.2, 0.25) is 0 Å². The van der Waals surface area contributed by atoms with Gasteiger partial charge in [0.05, 0.1) is 0 Å². The first kappa shape index (κ1) is 11.9. The van der Waals surface area contributed by atoms with E-state index >= 15 is 0 Å². The first-order valence-corrected chi connectivity index (χ1v) is 6.31.